The maximum Gasteiger partial charge on any atom is 0.317 e. The van der Waals surface area contributed by atoms with E-state index in [4.69, 9.17) is 9.47 Å². The molecule has 2 fully saturated rings. The first-order valence-electron chi connectivity index (χ1n) is 10.5. The van der Waals surface area contributed by atoms with Gasteiger partial charge in [0, 0.05) is 31.1 Å². The molecule has 0 unspecified atom stereocenters. The van der Waals surface area contributed by atoms with Crippen molar-refractivity contribution in [3.05, 3.63) is 53.3 Å². The zero-order valence-corrected chi connectivity index (χ0v) is 17.3. The number of hydrogen-bond acceptors (Lipinski definition) is 5. The number of benzene rings is 1. The third kappa shape index (κ3) is 4.27. The number of nitrogens with zero attached hydrogens (tertiary/aromatic N) is 3. The number of likely N-dealkylation sites (tertiary alicyclic amines) is 1. The summed E-state index contributed by atoms with van der Waals surface area (Å²) in [7, 11) is 0. The van der Waals surface area contributed by atoms with Gasteiger partial charge in [-0.25, -0.2) is 9.97 Å². The molecule has 0 N–H and O–H groups in total. The fourth-order valence-electron chi connectivity index (χ4n) is 4.52. The van der Waals surface area contributed by atoms with E-state index in [9.17, 15) is 4.79 Å². The second-order valence-electron chi connectivity index (χ2n) is 8.13. The van der Waals surface area contributed by atoms with Crippen LogP contribution in [0.25, 0.3) is 0 Å². The van der Waals surface area contributed by atoms with Gasteiger partial charge < -0.3 is 14.4 Å². The van der Waals surface area contributed by atoms with Gasteiger partial charge in [0.1, 0.15) is 6.10 Å². The lowest BCUT2D eigenvalue weighted by molar-refractivity contribution is -0.144. The van der Waals surface area contributed by atoms with Crippen LogP contribution in [0.4, 0.5) is 0 Å². The molecule has 2 aliphatic heterocycles. The first-order chi connectivity index (χ1) is 14.1. The standard InChI is InChI=1S/C23H29N3O3/c1-17-15-18(2)25-22(24-17)29-20-9-6-12-26(16-20)21(27)23(10-13-28-14-11-23)19-7-4-3-5-8-19/h3-5,7-8,15,20H,6,9-14,16H2,1-2H3/t20-/m0/s1. The third-order valence-corrected chi connectivity index (χ3v) is 5.98. The Bertz CT molecular complexity index is 829. The molecule has 2 saturated heterocycles. The Morgan fingerprint density at radius 3 is 2.52 bits per heavy atom. The minimum absolute atomic E-state index is 0.0819. The molecule has 3 heterocycles. The van der Waals surface area contributed by atoms with E-state index in [1.54, 1.807) is 0 Å². The average molecular weight is 396 g/mol. The van der Waals surface area contributed by atoms with Gasteiger partial charge in [-0.2, -0.15) is 0 Å². The number of hydrogen-bond donors (Lipinski definition) is 0. The van der Waals surface area contributed by atoms with Crippen LogP contribution in [0.3, 0.4) is 0 Å². The molecule has 4 rings (SSSR count). The molecule has 1 atom stereocenters. The Balaban J connectivity index is 1.52. The Hall–Kier alpha value is -2.47. The number of aromatic nitrogens is 2. The lowest BCUT2D eigenvalue weighted by Crippen LogP contribution is -2.54. The van der Waals surface area contributed by atoms with Crippen LogP contribution in [0, 0.1) is 13.8 Å². The molecular weight excluding hydrogens is 366 g/mol. The van der Waals surface area contributed by atoms with Gasteiger partial charge in [-0.05, 0) is 51.2 Å². The molecule has 0 aliphatic carbocycles. The van der Waals surface area contributed by atoms with Crippen LogP contribution in [0.2, 0.25) is 0 Å². The summed E-state index contributed by atoms with van der Waals surface area (Å²) in [6, 6.07) is 12.5. The van der Waals surface area contributed by atoms with Crippen LogP contribution in [-0.4, -0.2) is 53.2 Å². The number of amides is 1. The zero-order chi connectivity index (χ0) is 20.3. The summed E-state index contributed by atoms with van der Waals surface area (Å²) in [5.74, 6) is 0.196. The smallest absolute Gasteiger partial charge is 0.317 e. The molecular formula is C23H29N3O3. The highest BCUT2D eigenvalue weighted by atomic mass is 16.5. The predicted octanol–water partition coefficient (Wildman–Crippen LogP) is 3.21. The number of aryl methyl sites for hydroxylation is 2. The Morgan fingerprint density at radius 1 is 1.14 bits per heavy atom. The summed E-state index contributed by atoms with van der Waals surface area (Å²) in [5.41, 5.74) is 2.37. The second kappa shape index (κ2) is 8.49. The highest BCUT2D eigenvalue weighted by Crippen LogP contribution is 2.37. The Kier molecular flexibility index (Phi) is 5.81. The van der Waals surface area contributed by atoms with Gasteiger partial charge in [0.25, 0.3) is 0 Å². The van der Waals surface area contributed by atoms with E-state index in [0.29, 0.717) is 25.8 Å². The van der Waals surface area contributed by atoms with Crippen LogP contribution in [0.5, 0.6) is 6.01 Å². The highest BCUT2D eigenvalue weighted by Gasteiger charge is 2.45. The van der Waals surface area contributed by atoms with Crippen LogP contribution >= 0.6 is 0 Å². The number of rotatable bonds is 4. The maximum atomic E-state index is 13.8. The van der Waals surface area contributed by atoms with E-state index in [-0.39, 0.29) is 12.0 Å². The molecule has 2 aromatic rings. The van der Waals surface area contributed by atoms with Gasteiger partial charge in [0.15, 0.2) is 0 Å². The Labute approximate surface area is 172 Å². The predicted molar refractivity (Wildman–Crippen MR) is 110 cm³/mol. The molecule has 0 saturated carbocycles. The van der Waals surface area contributed by atoms with Gasteiger partial charge >= 0.3 is 6.01 Å². The van der Waals surface area contributed by atoms with Gasteiger partial charge in [-0.15, -0.1) is 0 Å². The van der Waals surface area contributed by atoms with Crippen molar-refractivity contribution in [3.8, 4) is 6.01 Å². The molecule has 6 nitrogen and oxygen atoms in total. The zero-order valence-electron chi connectivity index (χ0n) is 17.3. The second-order valence-corrected chi connectivity index (χ2v) is 8.13. The molecule has 1 aromatic carbocycles. The van der Waals surface area contributed by atoms with E-state index in [0.717, 1.165) is 49.2 Å². The Morgan fingerprint density at radius 2 is 1.83 bits per heavy atom. The average Bonchev–Trinajstić information content (AvgIpc) is 2.74. The van der Waals surface area contributed by atoms with Crippen molar-refractivity contribution in [1.29, 1.82) is 0 Å². The lowest BCUT2D eigenvalue weighted by atomic mass is 9.72. The van der Waals surface area contributed by atoms with Crippen LogP contribution in [-0.2, 0) is 14.9 Å². The van der Waals surface area contributed by atoms with Crippen molar-refractivity contribution in [2.24, 2.45) is 0 Å². The molecule has 1 amide bonds. The third-order valence-electron chi connectivity index (χ3n) is 5.98. The normalized spacial score (nSPS) is 21.6. The van der Waals surface area contributed by atoms with E-state index in [1.165, 1.54) is 0 Å². The van der Waals surface area contributed by atoms with Crippen LogP contribution in [0.15, 0.2) is 36.4 Å². The lowest BCUT2D eigenvalue weighted by Gasteiger charge is -2.42. The fourth-order valence-corrected chi connectivity index (χ4v) is 4.52. The summed E-state index contributed by atoms with van der Waals surface area (Å²) >= 11 is 0. The minimum atomic E-state index is -0.502. The molecule has 0 spiro atoms. The number of carbonyl (C=O) groups is 1. The SMILES string of the molecule is Cc1cc(C)nc(O[C@H]2CCCN(C(=O)C3(c4ccccc4)CCOCC3)C2)n1. The number of ether oxygens (including phenoxy) is 2. The maximum absolute atomic E-state index is 13.8. The van der Waals surface area contributed by atoms with Crippen molar-refractivity contribution < 1.29 is 14.3 Å². The molecule has 0 radical (unpaired) electrons. The van der Waals surface area contributed by atoms with E-state index in [2.05, 4.69) is 22.1 Å². The monoisotopic (exact) mass is 395 g/mol. The van der Waals surface area contributed by atoms with Gasteiger partial charge in [0.2, 0.25) is 5.91 Å². The van der Waals surface area contributed by atoms with Crippen molar-refractivity contribution in [1.82, 2.24) is 14.9 Å². The van der Waals surface area contributed by atoms with Crippen molar-refractivity contribution in [3.63, 3.8) is 0 Å². The molecule has 29 heavy (non-hydrogen) atoms. The minimum Gasteiger partial charge on any atom is -0.458 e. The molecule has 1 aromatic heterocycles. The van der Waals surface area contributed by atoms with Crippen LogP contribution in [0.1, 0.15) is 42.6 Å². The summed E-state index contributed by atoms with van der Waals surface area (Å²) in [5, 5.41) is 0. The first kappa shape index (κ1) is 19.8. The highest BCUT2D eigenvalue weighted by molar-refractivity contribution is 5.88. The van der Waals surface area contributed by atoms with Gasteiger partial charge in [-0.1, -0.05) is 30.3 Å². The summed E-state index contributed by atoms with van der Waals surface area (Å²) in [4.78, 5) is 24.5. The van der Waals surface area contributed by atoms with Gasteiger partial charge in [-0.3, -0.25) is 4.79 Å². The number of carbonyl (C=O) groups excluding carboxylic acids is 1. The van der Waals surface area contributed by atoms with Crippen molar-refractivity contribution >= 4 is 5.91 Å². The summed E-state index contributed by atoms with van der Waals surface area (Å²) < 4.78 is 11.7. The fraction of sp³-hybridized carbons (Fsp3) is 0.522. The topological polar surface area (TPSA) is 64.5 Å². The van der Waals surface area contributed by atoms with Gasteiger partial charge in [0.05, 0.1) is 12.0 Å². The molecule has 0 bridgehead atoms. The van der Waals surface area contributed by atoms with E-state index >= 15 is 0 Å². The molecule has 154 valence electrons. The first-order valence-corrected chi connectivity index (χ1v) is 10.5. The summed E-state index contributed by atoms with van der Waals surface area (Å²) in [6.07, 6.45) is 3.18. The van der Waals surface area contributed by atoms with Crippen molar-refractivity contribution in [2.45, 2.75) is 51.0 Å². The molecule has 6 heteroatoms. The summed E-state index contributed by atoms with van der Waals surface area (Å²) in [6.45, 7) is 6.45. The van der Waals surface area contributed by atoms with Crippen molar-refractivity contribution in [2.75, 3.05) is 26.3 Å². The number of piperidine rings is 1. The van der Waals surface area contributed by atoms with E-state index in [1.807, 2.05) is 43.0 Å². The molecule has 2 aliphatic rings. The van der Waals surface area contributed by atoms with E-state index < -0.39 is 5.41 Å². The largest absolute Gasteiger partial charge is 0.458 e. The van der Waals surface area contributed by atoms with Crippen LogP contribution < -0.4 is 4.74 Å². The quantitative estimate of drug-likeness (QED) is 0.795.